The van der Waals surface area contributed by atoms with Crippen LogP contribution >= 0.6 is 11.3 Å². The Balaban J connectivity index is 1.49. The molecule has 6 nitrogen and oxygen atoms in total. The van der Waals surface area contributed by atoms with E-state index in [4.69, 9.17) is 4.74 Å². The minimum Gasteiger partial charge on any atom is -0.490 e. The Hall–Kier alpha value is -2.67. The molecule has 1 amide bonds. The lowest BCUT2D eigenvalue weighted by atomic mass is 10.1. The van der Waals surface area contributed by atoms with Crippen molar-refractivity contribution in [1.29, 1.82) is 0 Å². The minimum absolute atomic E-state index is 0.116. The zero-order chi connectivity index (χ0) is 17.4. The van der Waals surface area contributed by atoms with Crippen molar-refractivity contribution in [3.63, 3.8) is 0 Å². The van der Waals surface area contributed by atoms with Crippen LogP contribution in [0.5, 0.6) is 5.75 Å². The number of amides is 1. The number of rotatable bonds is 4. The Morgan fingerprint density at radius 3 is 3.16 bits per heavy atom. The second-order valence-corrected chi connectivity index (χ2v) is 7.03. The molecule has 2 aromatic heterocycles. The van der Waals surface area contributed by atoms with Crippen LogP contribution in [0.25, 0.3) is 11.3 Å². The van der Waals surface area contributed by atoms with Crippen LogP contribution < -0.4 is 10.1 Å². The first kappa shape index (κ1) is 15.8. The number of fused-ring (bicyclic) bond motifs is 1. The highest BCUT2D eigenvalue weighted by molar-refractivity contribution is 7.14. The number of benzene rings is 1. The van der Waals surface area contributed by atoms with E-state index in [2.05, 4.69) is 28.3 Å². The van der Waals surface area contributed by atoms with E-state index >= 15 is 0 Å². The number of carbonyl (C=O) groups excluding carboxylic acids is 1. The summed E-state index contributed by atoms with van der Waals surface area (Å²) in [6, 6.07) is 5.78. The van der Waals surface area contributed by atoms with E-state index in [0.29, 0.717) is 5.13 Å². The third kappa shape index (κ3) is 3.15. The fourth-order valence-corrected chi connectivity index (χ4v) is 3.61. The molecule has 1 N–H and O–H groups in total. The molecular formula is C18H18N4O2S. The highest BCUT2D eigenvalue weighted by atomic mass is 32.1. The number of anilines is 1. The van der Waals surface area contributed by atoms with Crippen LogP contribution in [0.2, 0.25) is 0 Å². The Kier molecular flexibility index (Phi) is 4.01. The quantitative estimate of drug-likeness (QED) is 0.778. The van der Waals surface area contributed by atoms with Gasteiger partial charge in [0.25, 0.3) is 0 Å². The van der Waals surface area contributed by atoms with Crippen LogP contribution in [0.1, 0.15) is 25.5 Å². The first-order valence-corrected chi connectivity index (χ1v) is 9.02. The Morgan fingerprint density at radius 1 is 1.48 bits per heavy atom. The predicted molar refractivity (Wildman–Crippen MR) is 96.9 cm³/mol. The van der Waals surface area contributed by atoms with E-state index in [1.54, 1.807) is 23.3 Å². The number of nitrogens with one attached hydrogen (secondary N) is 1. The van der Waals surface area contributed by atoms with Crippen LogP contribution in [0.3, 0.4) is 0 Å². The van der Waals surface area contributed by atoms with Gasteiger partial charge in [0.2, 0.25) is 5.91 Å². The lowest BCUT2D eigenvalue weighted by Crippen LogP contribution is -2.22. The average Bonchev–Trinajstić information content (AvgIpc) is 3.33. The Morgan fingerprint density at radius 2 is 2.36 bits per heavy atom. The maximum Gasteiger partial charge on any atom is 0.248 e. The molecule has 3 aromatic rings. The molecule has 3 heterocycles. The van der Waals surface area contributed by atoms with Crippen molar-refractivity contribution in [2.75, 3.05) is 5.32 Å². The summed E-state index contributed by atoms with van der Waals surface area (Å²) in [5.41, 5.74) is 3.10. The zero-order valence-corrected chi connectivity index (χ0v) is 14.8. The maximum absolute atomic E-state index is 12.3. The molecule has 128 valence electrons. The van der Waals surface area contributed by atoms with Crippen molar-refractivity contribution in [1.82, 2.24) is 14.5 Å². The summed E-state index contributed by atoms with van der Waals surface area (Å²) in [4.78, 5) is 20.9. The largest absolute Gasteiger partial charge is 0.490 e. The molecule has 0 fully saturated rings. The van der Waals surface area contributed by atoms with Crippen LogP contribution in [0, 0.1) is 0 Å². The van der Waals surface area contributed by atoms with Crippen LogP contribution in [0.15, 0.2) is 42.3 Å². The number of imidazole rings is 1. The summed E-state index contributed by atoms with van der Waals surface area (Å²) in [6.45, 7) is 3.89. The van der Waals surface area contributed by atoms with Gasteiger partial charge in [-0.2, -0.15) is 0 Å². The van der Waals surface area contributed by atoms with Crippen molar-refractivity contribution in [3.8, 4) is 17.0 Å². The molecule has 0 radical (unpaired) electrons. The molecule has 0 spiro atoms. The molecule has 0 saturated carbocycles. The van der Waals surface area contributed by atoms with Gasteiger partial charge in [0.15, 0.2) is 5.13 Å². The molecule has 1 aliphatic heterocycles. The number of hydrogen-bond donors (Lipinski definition) is 1. The molecule has 0 aliphatic carbocycles. The lowest BCUT2D eigenvalue weighted by molar-refractivity contribution is -0.118. The van der Waals surface area contributed by atoms with Crippen LogP contribution in [0.4, 0.5) is 5.13 Å². The van der Waals surface area contributed by atoms with Crippen molar-refractivity contribution in [2.24, 2.45) is 0 Å². The first-order chi connectivity index (χ1) is 12.1. The van der Waals surface area contributed by atoms with Gasteiger partial charge in [-0.3, -0.25) is 4.79 Å². The van der Waals surface area contributed by atoms with Gasteiger partial charge < -0.3 is 14.6 Å². The van der Waals surface area contributed by atoms with Gasteiger partial charge in [0, 0.05) is 29.8 Å². The van der Waals surface area contributed by atoms with Crippen molar-refractivity contribution in [2.45, 2.75) is 32.4 Å². The minimum atomic E-state index is -0.339. The molecule has 2 atom stereocenters. The second kappa shape index (κ2) is 6.33. The third-order valence-electron chi connectivity index (χ3n) is 4.28. The van der Waals surface area contributed by atoms with Crippen molar-refractivity contribution in [3.05, 3.63) is 47.9 Å². The molecule has 25 heavy (non-hydrogen) atoms. The first-order valence-electron chi connectivity index (χ1n) is 8.14. The maximum atomic E-state index is 12.3. The van der Waals surface area contributed by atoms with E-state index < -0.39 is 0 Å². The Bertz CT molecular complexity index is 904. The van der Waals surface area contributed by atoms with E-state index in [0.717, 1.165) is 23.4 Å². The summed E-state index contributed by atoms with van der Waals surface area (Å²) >= 11 is 1.42. The molecule has 0 saturated heterocycles. The normalized spacial score (nSPS) is 17.0. The summed E-state index contributed by atoms with van der Waals surface area (Å²) < 4.78 is 7.49. The van der Waals surface area contributed by atoms with Gasteiger partial charge in [-0.15, -0.1) is 11.3 Å². The van der Waals surface area contributed by atoms with E-state index in [1.807, 2.05) is 24.4 Å². The van der Waals surface area contributed by atoms with E-state index in [-0.39, 0.29) is 18.1 Å². The Labute approximate surface area is 149 Å². The number of ether oxygens (including phenoxy) is 1. The monoisotopic (exact) mass is 354 g/mol. The SMILES string of the molecule is C[C@H](C(=O)Nc1nc(-c2ccc3c(c2)C[C@H](C)O3)cs1)n1ccnc1. The molecule has 0 unspecified atom stereocenters. The summed E-state index contributed by atoms with van der Waals surface area (Å²) in [5.74, 6) is 0.837. The molecule has 4 rings (SSSR count). The molecule has 7 heteroatoms. The third-order valence-corrected chi connectivity index (χ3v) is 5.04. The smallest absolute Gasteiger partial charge is 0.248 e. The lowest BCUT2D eigenvalue weighted by Gasteiger charge is -2.11. The summed E-state index contributed by atoms with van der Waals surface area (Å²) in [5, 5.41) is 5.43. The fourth-order valence-electron chi connectivity index (χ4n) is 2.89. The topological polar surface area (TPSA) is 69.0 Å². The molecular weight excluding hydrogens is 336 g/mol. The number of thiazole rings is 1. The standard InChI is InChI=1S/C18H18N4O2S/c1-11-7-14-8-13(3-4-16(14)24-11)15-9-25-18(20-15)21-17(23)12(2)22-6-5-19-10-22/h3-6,8-12H,7H2,1-2H3,(H,20,21,23)/t11-,12+/m0/s1. The number of hydrogen-bond acceptors (Lipinski definition) is 5. The van der Waals surface area contributed by atoms with Crippen LogP contribution in [-0.4, -0.2) is 26.5 Å². The highest BCUT2D eigenvalue weighted by Crippen LogP contribution is 2.33. The summed E-state index contributed by atoms with van der Waals surface area (Å²) in [7, 11) is 0. The van der Waals surface area contributed by atoms with Gasteiger partial charge in [-0.1, -0.05) is 0 Å². The van der Waals surface area contributed by atoms with Gasteiger partial charge in [0.1, 0.15) is 17.9 Å². The predicted octanol–water partition coefficient (Wildman–Crippen LogP) is 3.53. The summed E-state index contributed by atoms with van der Waals surface area (Å²) in [6.07, 6.45) is 6.19. The molecule has 0 bridgehead atoms. The zero-order valence-electron chi connectivity index (χ0n) is 14.0. The fraction of sp³-hybridized carbons (Fsp3) is 0.278. The average molecular weight is 354 g/mol. The van der Waals surface area contributed by atoms with Crippen molar-refractivity contribution < 1.29 is 9.53 Å². The van der Waals surface area contributed by atoms with Crippen molar-refractivity contribution >= 4 is 22.4 Å². The second-order valence-electron chi connectivity index (χ2n) is 6.17. The van der Waals surface area contributed by atoms with Gasteiger partial charge in [-0.25, -0.2) is 9.97 Å². The number of aromatic nitrogens is 3. The number of nitrogens with zero attached hydrogens (tertiary/aromatic N) is 3. The van der Waals surface area contributed by atoms with E-state index in [1.165, 1.54) is 16.9 Å². The molecule has 1 aromatic carbocycles. The van der Waals surface area contributed by atoms with E-state index in [9.17, 15) is 4.79 Å². The molecule has 1 aliphatic rings. The van der Waals surface area contributed by atoms with Gasteiger partial charge >= 0.3 is 0 Å². The number of carbonyl (C=O) groups is 1. The van der Waals surface area contributed by atoms with Crippen LogP contribution in [-0.2, 0) is 11.2 Å². The van der Waals surface area contributed by atoms with Gasteiger partial charge in [-0.05, 0) is 37.6 Å². The van der Waals surface area contributed by atoms with Gasteiger partial charge in [0.05, 0.1) is 12.0 Å². The highest BCUT2D eigenvalue weighted by Gasteiger charge is 2.20.